The van der Waals surface area contributed by atoms with Crippen molar-refractivity contribution < 1.29 is 9.53 Å². The van der Waals surface area contributed by atoms with Gasteiger partial charge in [0.25, 0.3) is 5.91 Å². The van der Waals surface area contributed by atoms with E-state index in [4.69, 9.17) is 4.74 Å². The van der Waals surface area contributed by atoms with Gasteiger partial charge in [-0.25, -0.2) is 0 Å². The van der Waals surface area contributed by atoms with Crippen molar-refractivity contribution in [2.45, 2.75) is 28.7 Å². The highest BCUT2D eigenvalue weighted by Crippen LogP contribution is 2.57. The molecule has 2 aliphatic rings. The largest absolute Gasteiger partial charge is 0.466 e. The van der Waals surface area contributed by atoms with Gasteiger partial charge in [-0.05, 0) is 28.8 Å². The Balaban J connectivity index is 1.51. The van der Waals surface area contributed by atoms with Gasteiger partial charge < -0.3 is 4.74 Å². The van der Waals surface area contributed by atoms with Gasteiger partial charge in [0.2, 0.25) is 5.72 Å². The molecule has 7 rings (SSSR count). The van der Waals surface area contributed by atoms with Gasteiger partial charge in [-0.3, -0.25) is 9.69 Å². The van der Waals surface area contributed by atoms with Gasteiger partial charge in [0.05, 0.1) is 11.3 Å². The van der Waals surface area contributed by atoms with Crippen molar-refractivity contribution in [3.05, 3.63) is 174 Å². The molecule has 0 aliphatic carbocycles. The zero-order valence-corrected chi connectivity index (χ0v) is 23.3. The molecular formula is C37H29NO2S. The van der Waals surface area contributed by atoms with Crippen LogP contribution < -0.4 is 4.90 Å². The van der Waals surface area contributed by atoms with Crippen molar-refractivity contribution in [2.75, 3.05) is 4.90 Å². The molecule has 200 valence electrons. The fourth-order valence-corrected chi connectivity index (χ4v) is 7.32. The number of anilines is 1. The summed E-state index contributed by atoms with van der Waals surface area (Å²) in [6.45, 7) is 0. The Morgan fingerprint density at radius 3 is 2.00 bits per heavy atom. The number of hydrogen-bond acceptors (Lipinski definition) is 3. The highest BCUT2D eigenvalue weighted by molar-refractivity contribution is 7.99. The van der Waals surface area contributed by atoms with Crippen molar-refractivity contribution in [3.63, 3.8) is 0 Å². The average Bonchev–Trinajstić information content (AvgIpc) is 3.18. The van der Waals surface area contributed by atoms with E-state index in [9.17, 15) is 0 Å². The molecule has 0 saturated carbocycles. The number of carbonyl (C=O) groups is 1. The van der Waals surface area contributed by atoms with Crippen molar-refractivity contribution in [2.24, 2.45) is 0 Å². The van der Waals surface area contributed by atoms with Gasteiger partial charge >= 0.3 is 0 Å². The van der Waals surface area contributed by atoms with Crippen LogP contribution in [0, 0.1) is 0 Å². The molecule has 0 saturated heterocycles. The van der Waals surface area contributed by atoms with Crippen LogP contribution in [0.25, 0.3) is 5.57 Å². The second kappa shape index (κ2) is 10.8. The zero-order chi connectivity index (χ0) is 27.6. The molecule has 0 aromatic heterocycles. The molecule has 41 heavy (non-hydrogen) atoms. The quantitative estimate of drug-likeness (QED) is 0.219. The van der Waals surface area contributed by atoms with Crippen LogP contribution in [-0.2, 0) is 21.7 Å². The van der Waals surface area contributed by atoms with Crippen LogP contribution in [0.15, 0.2) is 156 Å². The summed E-state index contributed by atoms with van der Waals surface area (Å²) in [6, 6.07) is 49.3. The number of thioether (sulfide) groups is 1. The van der Waals surface area contributed by atoms with Gasteiger partial charge in [0.1, 0.15) is 5.76 Å². The Bertz CT molecular complexity index is 1700. The number of hydrogen-bond donors (Lipinski definition) is 0. The number of amides is 1. The number of rotatable bonds is 5. The Kier molecular flexibility index (Phi) is 6.69. The first-order valence-corrected chi connectivity index (χ1v) is 14.8. The van der Waals surface area contributed by atoms with Crippen molar-refractivity contribution in [3.8, 4) is 0 Å². The topological polar surface area (TPSA) is 29.5 Å². The summed E-state index contributed by atoms with van der Waals surface area (Å²) in [4.78, 5) is 18.1. The van der Waals surface area contributed by atoms with Crippen LogP contribution in [0.2, 0.25) is 0 Å². The molecule has 2 aliphatic heterocycles. The number of benzene rings is 5. The lowest BCUT2D eigenvalue weighted by atomic mass is 9.88. The number of fused-ring (bicyclic) bond motifs is 3. The third kappa shape index (κ3) is 4.64. The number of allylic oxidation sites excluding steroid dienone is 1. The molecule has 4 heteroatoms. The lowest BCUT2D eigenvalue weighted by Crippen LogP contribution is -2.55. The molecule has 3 nitrogen and oxygen atoms in total. The summed E-state index contributed by atoms with van der Waals surface area (Å²) in [5.74, 6) is 0.655. The summed E-state index contributed by atoms with van der Waals surface area (Å²) >= 11 is 1.80. The first kappa shape index (κ1) is 25.4. The van der Waals surface area contributed by atoms with Crippen molar-refractivity contribution in [1.29, 1.82) is 0 Å². The molecule has 0 unspecified atom stereocenters. The summed E-state index contributed by atoms with van der Waals surface area (Å²) in [7, 11) is 0. The van der Waals surface area contributed by atoms with E-state index in [-0.39, 0.29) is 11.2 Å². The first-order chi connectivity index (χ1) is 20.2. The lowest BCUT2D eigenvalue weighted by Gasteiger charge is -2.48. The minimum atomic E-state index is -1.04. The molecule has 1 amide bonds. The van der Waals surface area contributed by atoms with Crippen LogP contribution in [0.5, 0.6) is 0 Å². The van der Waals surface area contributed by atoms with Gasteiger partial charge in [-0.1, -0.05) is 133 Å². The predicted octanol–water partition coefficient (Wildman–Crippen LogP) is 8.79. The smallest absolute Gasteiger partial charge is 0.265 e. The molecule has 2 heterocycles. The average molecular weight is 552 g/mol. The molecule has 5 aromatic carbocycles. The molecule has 0 fully saturated rings. The monoisotopic (exact) mass is 551 g/mol. The SMILES string of the molecule is O=C1C(c2ccccc2)=C(Cc2ccccc2)O[C@@]2(c3ccccc3)C[C@H](c3ccccc3)Sc3ccccc3N12. The second-order valence-corrected chi connectivity index (χ2v) is 11.7. The fourth-order valence-electron chi connectivity index (χ4n) is 5.97. The van der Waals surface area contributed by atoms with E-state index in [0.29, 0.717) is 24.2 Å². The maximum absolute atomic E-state index is 15.1. The van der Waals surface area contributed by atoms with Crippen LogP contribution in [0.1, 0.15) is 33.9 Å². The Labute approximate surface area is 245 Å². The maximum Gasteiger partial charge on any atom is 0.265 e. The van der Waals surface area contributed by atoms with Crippen LogP contribution in [0.4, 0.5) is 5.69 Å². The lowest BCUT2D eigenvalue weighted by molar-refractivity contribution is -0.123. The molecule has 0 spiro atoms. The summed E-state index contributed by atoms with van der Waals surface area (Å²) in [5, 5.41) is 0.0617. The number of carbonyl (C=O) groups excluding carboxylic acids is 1. The Morgan fingerprint density at radius 2 is 1.29 bits per heavy atom. The van der Waals surface area contributed by atoms with E-state index in [1.807, 2.05) is 89.8 Å². The van der Waals surface area contributed by atoms with Crippen LogP contribution in [-0.4, -0.2) is 5.91 Å². The number of nitrogens with zero attached hydrogens (tertiary/aromatic N) is 1. The highest BCUT2D eigenvalue weighted by Gasteiger charge is 2.53. The Hall–Kier alpha value is -4.54. The van der Waals surface area contributed by atoms with E-state index in [1.165, 1.54) is 5.56 Å². The van der Waals surface area contributed by atoms with E-state index in [0.717, 1.165) is 27.3 Å². The number of ether oxygens (including phenoxy) is 1. The minimum absolute atomic E-state index is 0.0426. The normalized spacial score (nSPS) is 20.0. The summed E-state index contributed by atoms with van der Waals surface area (Å²) in [6.07, 6.45) is 1.11. The molecule has 0 radical (unpaired) electrons. The third-order valence-electron chi connectivity index (χ3n) is 7.85. The maximum atomic E-state index is 15.1. The van der Waals surface area contributed by atoms with Gasteiger partial charge in [-0.2, -0.15) is 0 Å². The Morgan fingerprint density at radius 1 is 0.707 bits per heavy atom. The van der Waals surface area contributed by atoms with Gasteiger partial charge in [-0.15, -0.1) is 11.8 Å². The molecule has 0 bridgehead atoms. The predicted molar refractivity (Wildman–Crippen MR) is 166 cm³/mol. The van der Waals surface area contributed by atoms with Crippen molar-refractivity contribution >= 4 is 28.9 Å². The van der Waals surface area contributed by atoms with Gasteiger partial charge in [0.15, 0.2) is 0 Å². The fraction of sp³-hybridized carbons (Fsp3) is 0.108. The van der Waals surface area contributed by atoms with E-state index < -0.39 is 5.72 Å². The molecular weight excluding hydrogens is 522 g/mol. The molecule has 2 atom stereocenters. The van der Waals surface area contributed by atoms with Crippen LogP contribution in [0.3, 0.4) is 0 Å². The standard InChI is InChI=1S/C37H29NO2S/c39-36-35(29-19-9-3-10-20-29)32(25-27-15-5-1-6-16-27)40-37(30-21-11-4-12-22-30)26-34(28-17-7-2-8-18-28)41-33-24-14-13-23-31(33)38(36)37/h1-24,34H,25-26H2/t34-,37-/m1/s1. The van der Waals surface area contributed by atoms with E-state index in [1.54, 1.807) is 11.8 Å². The second-order valence-electron chi connectivity index (χ2n) is 10.4. The third-order valence-corrected chi connectivity index (χ3v) is 9.18. The molecule has 5 aromatic rings. The zero-order valence-electron chi connectivity index (χ0n) is 22.5. The van der Waals surface area contributed by atoms with E-state index >= 15 is 4.79 Å². The molecule has 0 N–H and O–H groups in total. The highest BCUT2D eigenvalue weighted by atomic mass is 32.2. The summed E-state index contributed by atoms with van der Waals surface area (Å²) < 4.78 is 7.37. The first-order valence-electron chi connectivity index (χ1n) is 14.0. The van der Waals surface area contributed by atoms with Crippen molar-refractivity contribution in [1.82, 2.24) is 0 Å². The summed E-state index contributed by atoms with van der Waals surface area (Å²) in [5.41, 5.74) is 4.58. The number of para-hydroxylation sites is 1. The van der Waals surface area contributed by atoms with Crippen LogP contribution >= 0.6 is 11.8 Å². The minimum Gasteiger partial charge on any atom is -0.466 e. The van der Waals surface area contributed by atoms with E-state index in [2.05, 4.69) is 60.7 Å². The van der Waals surface area contributed by atoms with Gasteiger partial charge in [0, 0.05) is 28.6 Å².